The van der Waals surface area contributed by atoms with Crippen molar-refractivity contribution < 1.29 is 4.79 Å². The standard InChI is InChI=1S/C19H25N7OS/c1-5-15-6-8-16(9-7-15)14(4)21-17(27)11-28-19-23-22-18(25(19)20)26-13(3)10-12(2)24-26/h6-10,14H,5,11,20H2,1-4H3,(H,21,27). The molecule has 3 rings (SSSR count). The molecule has 1 unspecified atom stereocenters. The molecule has 0 aliphatic heterocycles. The van der Waals surface area contributed by atoms with E-state index in [4.69, 9.17) is 5.84 Å². The number of thioether (sulfide) groups is 1. The average Bonchev–Trinajstić information content (AvgIpc) is 3.20. The third-order valence-corrected chi connectivity index (χ3v) is 5.39. The van der Waals surface area contributed by atoms with Crippen molar-refractivity contribution in [3.63, 3.8) is 0 Å². The minimum atomic E-state index is -0.0901. The number of nitrogens with one attached hydrogen (secondary N) is 1. The second kappa shape index (κ2) is 8.47. The van der Waals surface area contributed by atoms with Gasteiger partial charge in [0.1, 0.15) is 0 Å². The first-order valence-corrected chi connectivity index (χ1v) is 10.1. The van der Waals surface area contributed by atoms with E-state index in [-0.39, 0.29) is 17.7 Å². The fraction of sp³-hybridized carbons (Fsp3) is 0.368. The first kappa shape index (κ1) is 19.9. The third-order valence-electron chi connectivity index (χ3n) is 4.44. The van der Waals surface area contributed by atoms with E-state index >= 15 is 0 Å². The zero-order chi connectivity index (χ0) is 20.3. The molecule has 0 aliphatic carbocycles. The molecular weight excluding hydrogens is 374 g/mol. The number of benzene rings is 1. The highest BCUT2D eigenvalue weighted by Gasteiger charge is 2.17. The lowest BCUT2D eigenvalue weighted by molar-refractivity contribution is -0.119. The van der Waals surface area contributed by atoms with E-state index in [0.717, 1.165) is 23.4 Å². The molecule has 1 amide bonds. The number of nitrogen functional groups attached to an aromatic ring is 1. The molecule has 0 saturated carbocycles. The van der Waals surface area contributed by atoms with Crippen molar-refractivity contribution in [3.05, 3.63) is 52.8 Å². The summed E-state index contributed by atoms with van der Waals surface area (Å²) in [4.78, 5) is 12.3. The maximum Gasteiger partial charge on any atom is 0.271 e. The molecule has 0 aliphatic rings. The number of nitrogens with two attached hydrogens (primary N) is 1. The van der Waals surface area contributed by atoms with Crippen molar-refractivity contribution in [1.29, 1.82) is 0 Å². The molecule has 148 valence electrons. The van der Waals surface area contributed by atoms with Gasteiger partial charge in [-0.1, -0.05) is 43.0 Å². The number of hydrogen-bond acceptors (Lipinski definition) is 6. The van der Waals surface area contributed by atoms with Gasteiger partial charge in [0.2, 0.25) is 11.1 Å². The van der Waals surface area contributed by atoms with Gasteiger partial charge >= 0.3 is 0 Å². The number of rotatable bonds is 7. The van der Waals surface area contributed by atoms with Gasteiger partial charge in [-0.15, -0.1) is 10.2 Å². The van der Waals surface area contributed by atoms with Crippen molar-refractivity contribution in [2.75, 3.05) is 11.6 Å². The van der Waals surface area contributed by atoms with Crippen molar-refractivity contribution in [2.24, 2.45) is 0 Å². The Morgan fingerprint density at radius 2 is 1.96 bits per heavy atom. The van der Waals surface area contributed by atoms with Crippen LogP contribution in [0.1, 0.15) is 42.4 Å². The number of nitrogens with zero attached hydrogens (tertiary/aromatic N) is 5. The molecule has 0 spiro atoms. The largest absolute Gasteiger partial charge is 0.349 e. The Balaban J connectivity index is 1.59. The lowest BCUT2D eigenvalue weighted by Crippen LogP contribution is -2.28. The van der Waals surface area contributed by atoms with Gasteiger partial charge in [0.25, 0.3) is 5.95 Å². The van der Waals surface area contributed by atoms with Crippen molar-refractivity contribution in [3.8, 4) is 5.95 Å². The molecular formula is C19H25N7OS. The van der Waals surface area contributed by atoms with Crippen LogP contribution in [0.25, 0.3) is 5.95 Å². The first-order valence-electron chi connectivity index (χ1n) is 9.14. The van der Waals surface area contributed by atoms with Crippen LogP contribution in [0.2, 0.25) is 0 Å². The summed E-state index contributed by atoms with van der Waals surface area (Å²) >= 11 is 1.24. The van der Waals surface area contributed by atoms with Gasteiger partial charge in [0, 0.05) is 5.69 Å². The van der Waals surface area contributed by atoms with E-state index < -0.39 is 0 Å². The number of amides is 1. The Morgan fingerprint density at radius 3 is 2.57 bits per heavy atom. The second-order valence-corrected chi connectivity index (χ2v) is 7.61. The van der Waals surface area contributed by atoms with Crippen molar-refractivity contribution >= 4 is 17.7 Å². The predicted octanol–water partition coefficient (Wildman–Crippen LogP) is 2.33. The molecule has 0 bridgehead atoms. The molecule has 1 atom stereocenters. The van der Waals surface area contributed by atoms with Crippen molar-refractivity contribution in [1.82, 2.24) is 30.0 Å². The number of carbonyl (C=O) groups excluding carboxylic acids is 1. The Kier molecular flexibility index (Phi) is 6.03. The van der Waals surface area contributed by atoms with E-state index in [1.807, 2.05) is 39.0 Å². The molecule has 28 heavy (non-hydrogen) atoms. The van der Waals surface area contributed by atoms with E-state index in [2.05, 4.69) is 39.7 Å². The summed E-state index contributed by atoms with van der Waals surface area (Å²) in [5.41, 5.74) is 4.13. The van der Waals surface area contributed by atoms with Gasteiger partial charge in [0.15, 0.2) is 0 Å². The van der Waals surface area contributed by atoms with Crippen LogP contribution in [0.5, 0.6) is 0 Å². The lowest BCUT2D eigenvalue weighted by atomic mass is 10.1. The smallest absolute Gasteiger partial charge is 0.271 e. The zero-order valence-electron chi connectivity index (χ0n) is 16.5. The maximum atomic E-state index is 12.3. The van der Waals surface area contributed by atoms with E-state index in [1.165, 1.54) is 22.0 Å². The summed E-state index contributed by atoms with van der Waals surface area (Å²) < 4.78 is 2.98. The fourth-order valence-corrected chi connectivity index (χ4v) is 3.55. The van der Waals surface area contributed by atoms with E-state index in [0.29, 0.717) is 11.1 Å². The van der Waals surface area contributed by atoms with Crippen LogP contribution in [-0.4, -0.2) is 36.3 Å². The monoisotopic (exact) mass is 399 g/mol. The quantitative estimate of drug-likeness (QED) is 0.467. The van der Waals surface area contributed by atoms with Crippen LogP contribution in [0.4, 0.5) is 0 Å². The predicted molar refractivity (Wildman–Crippen MR) is 110 cm³/mol. The molecule has 0 radical (unpaired) electrons. The molecule has 9 heteroatoms. The second-order valence-electron chi connectivity index (χ2n) is 6.66. The highest BCUT2D eigenvalue weighted by Crippen LogP contribution is 2.18. The summed E-state index contributed by atoms with van der Waals surface area (Å²) in [6.07, 6.45) is 0.997. The number of aromatic nitrogens is 5. The summed E-state index contributed by atoms with van der Waals surface area (Å²) in [7, 11) is 0. The topological polar surface area (TPSA) is 104 Å². The van der Waals surface area contributed by atoms with Crippen LogP contribution < -0.4 is 11.2 Å². The van der Waals surface area contributed by atoms with Gasteiger partial charge in [-0.25, -0.2) is 9.36 Å². The average molecular weight is 400 g/mol. The molecule has 3 N–H and O–H groups in total. The van der Waals surface area contributed by atoms with Crippen LogP contribution in [-0.2, 0) is 11.2 Å². The van der Waals surface area contributed by atoms with Crippen molar-refractivity contribution in [2.45, 2.75) is 45.3 Å². The Hall–Kier alpha value is -2.81. The third kappa shape index (κ3) is 4.36. The molecule has 1 aromatic carbocycles. The molecule has 3 aromatic rings. The maximum absolute atomic E-state index is 12.3. The lowest BCUT2D eigenvalue weighted by Gasteiger charge is -2.14. The molecule has 2 heterocycles. The number of aryl methyl sites for hydroxylation is 3. The first-order chi connectivity index (χ1) is 13.4. The fourth-order valence-electron chi connectivity index (χ4n) is 2.88. The highest BCUT2D eigenvalue weighted by atomic mass is 32.2. The normalized spacial score (nSPS) is 12.1. The van der Waals surface area contributed by atoms with Crippen LogP contribution in [0, 0.1) is 13.8 Å². The SMILES string of the molecule is CCc1ccc(C(C)NC(=O)CSc2nnc(-n3nc(C)cc3C)n2N)cc1. The van der Waals surface area contributed by atoms with Crippen LogP contribution >= 0.6 is 11.8 Å². The summed E-state index contributed by atoms with van der Waals surface area (Å²) in [6.45, 7) is 7.91. The number of carbonyl (C=O) groups is 1. The minimum absolute atomic E-state index is 0.0694. The molecule has 2 aromatic heterocycles. The molecule has 0 saturated heterocycles. The molecule has 0 fully saturated rings. The van der Waals surface area contributed by atoms with Gasteiger partial charge in [-0.2, -0.15) is 5.10 Å². The Labute approximate surface area is 168 Å². The minimum Gasteiger partial charge on any atom is -0.349 e. The van der Waals surface area contributed by atoms with Gasteiger partial charge < -0.3 is 11.2 Å². The Bertz CT molecular complexity index is 961. The van der Waals surface area contributed by atoms with Gasteiger partial charge in [0.05, 0.1) is 17.5 Å². The Morgan fingerprint density at radius 1 is 1.25 bits per heavy atom. The van der Waals surface area contributed by atoms with E-state index in [1.54, 1.807) is 4.68 Å². The van der Waals surface area contributed by atoms with Gasteiger partial charge in [-0.05, 0) is 44.4 Å². The molecule has 8 nitrogen and oxygen atoms in total. The van der Waals surface area contributed by atoms with Crippen LogP contribution in [0.3, 0.4) is 0 Å². The highest BCUT2D eigenvalue weighted by molar-refractivity contribution is 7.99. The van der Waals surface area contributed by atoms with E-state index in [9.17, 15) is 4.79 Å². The summed E-state index contributed by atoms with van der Waals surface area (Å²) in [5, 5.41) is 16.0. The van der Waals surface area contributed by atoms with Gasteiger partial charge in [-0.3, -0.25) is 4.79 Å². The zero-order valence-corrected chi connectivity index (χ0v) is 17.3. The summed E-state index contributed by atoms with van der Waals surface area (Å²) in [5.74, 6) is 6.62. The van der Waals surface area contributed by atoms with Crippen LogP contribution in [0.15, 0.2) is 35.5 Å². The summed E-state index contributed by atoms with van der Waals surface area (Å²) in [6, 6.07) is 10.1. The number of hydrogen-bond donors (Lipinski definition) is 2.